The molecule has 1 aliphatic rings. The lowest BCUT2D eigenvalue weighted by atomic mass is 10.1. The van der Waals surface area contributed by atoms with E-state index in [0.29, 0.717) is 12.6 Å². The van der Waals surface area contributed by atoms with Crippen LogP contribution in [-0.2, 0) is 11.3 Å². The SMILES string of the molecule is CCOC1CCN(C(=NC)NCc2cnn(-c3ccc(Cl)cc3)c2)CC1.I. The summed E-state index contributed by atoms with van der Waals surface area (Å²) in [5, 5.41) is 8.59. The molecule has 1 N–H and O–H groups in total. The maximum absolute atomic E-state index is 5.94. The first kappa shape index (κ1) is 22.0. The summed E-state index contributed by atoms with van der Waals surface area (Å²) in [4.78, 5) is 6.71. The van der Waals surface area contributed by atoms with Gasteiger partial charge in [0, 0.05) is 50.1 Å². The lowest BCUT2D eigenvalue weighted by Crippen LogP contribution is -2.46. The van der Waals surface area contributed by atoms with Crippen molar-refractivity contribution in [2.45, 2.75) is 32.4 Å². The number of hydrogen-bond acceptors (Lipinski definition) is 3. The predicted molar refractivity (Wildman–Crippen MR) is 120 cm³/mol. The van der Waals surface area contributed by atoms with Gasteiger partial charge in [-0.3, -0.25) is 4.99 Å². The molecule has 27 heavy (non-hydrogen) atoms. The Balaban J connectivity index is 0.00000261. The Morgan fingerprint density at radius 1 is 1.30 bits per heavy atom. The number of aromatic nitrogens is 2. The fourth-order valence-corrected chi connectivity index (χ4v) is 3.30. The van der Waals surface area contributed by atoms with Gasteiger partial charge < -0.3 is 15.0 Å². The maximum Gasteiger partial charge on any atom is 0.193 e. The van der Waals surface area contributed by atoms with E-state index in [4.69, 9.17) is 16.3 Å². The van der Waals surface area contributed by atoms with Crippen LogP contribution in [0.15, 0.2) is 41.7 Å². The Kier molecular flexibility index (Phi) is 8.85. The molecule has 6 nitrogen and oxygen atoms in total. The number of ether oxygens (including phenoxy) is 1. The monoisotopic (exact) mass is 503 g/mol. The molecular formula is C19H27ClIN5O. The van der Waals surface area contributed by atoms with E-state index >= 15 is 0 Å². The molecule has 0 bridgehead atoms. The quantitative estimate of drug-likeness (QED) is 0.384. The molecule has 0 aliphatic carbocycles. The molecule has 148 valence electrons. The maximum atomic E-state index is 5.94. The molecule has 0 spiro atoms. The summed E-state index contributed by atoms with van der Waals surface area (Å²) in [5.41, 5.74) is 2.09. The number of rotatable bonds is 5. The van der Waals surface area contributed by atoms with E-state index in [1.165, 1.54) is 0 Å². The van der Waals surface area contributed by atoms with E-state index in [0.717, 1.165) is 54.8 Å². The zero-order chi connectivity index (χ0) is 18.4. The van der Waals surface area contributed by atoms with Crippen LogP contribution in [0.5, 0.6) is 0 Å². The molecule has 2 aromatic rings. The topological polar surface area (TPSA) is 54.7 Å². The third kappa shape index (κ3) is 6.08. The molecule has 0 unspecified atom stereocenters. The van der Waals surface area contributed by atoms with Gasteiger partial charge in [-0.1, -0.05) is 11.6 Å². The summed E-state index contributed by atoms with van der Waals surface area (Å²) in [6.45, 7) is 5.46. The van der Waals surface area contributed by atoms with Crippen molar-refractivity contribution < 1.29 is 4.74 Å². The van der Waals surface area contributed by atoms with Crippen molar-refractivity contribution in [1.82, 2.24) is 20.0 Å². The van der Waals surface area contributed by atoms with E-state index in [1.807, 2.05) is 48.4 Å². The molecular weight excluding hydrogens is 477 g/mol. The summed E-state index contributed by atoms with van der Waals surface area (Å²) in [6.07, 6.45) is 6.36. The van der Waals surface area contributed by atoms with Crippen LogP contribution in [0.3, 0.4) is 0 Å². The van der Waals surface area contributed by atoms with Crippen molar-refractivity contribution in [3.8, 4) is 5.69 Å². The summed E-state index contributed by atoms with van der Waals surface area (Å²) in [7, 11) is 1.83. The number of likely N-dealkylation sites (tertiary alicyclic amines) is 1. The molecule has 8 heteroatoms. The Hall–Kier alpha value is -1.32. The zero-order valence-corrected chi connectivity index (χ0v) is 18.9. The van der Waals surface area contributed by atoms with E-state index in [-0.39, 0.29) is 24.0 Å². The Morgan fingerprint density at radius 3 is 2.63 bits per heavy atom. The molecule has 1 saturated heterocycles. The number of hydrogen-bond donors (Lipinski definition) is 1. The second kappa shape index (κ2) is 10.9. The first-order valence-corrected chi connectivity index (χ1v) is 9.44. The van der Waals surface area contributed by atoms with Crippen LogP contribution < -0.4 is 5.32 Å². The average molecular weight is 504 g/mol. The second-order valence-corrected chi connectivity index (χ2v) is 6.75. The first-order valence-electron chi connectivity index (χ1n) is 9.06. The summed E-state index contributed by atoms with van der Waals surface area (Å²) in [6, 6.07) is 7.64. The summed E-state index contributed by atoms with van der Waals surface area (Å²) >= 11 is 5.94. The highest BCUT2D eigenvalue weighted by Crippen LogP contribution is 2.15. The number of guanidine groups is 1. The van der Waals surface area contributed by atoms with E-state index in [1.54, 1.807) is 0 Å². The average Bonchev–Trinajstić information content (AvgIpc) is 3.13. The third-order valence-electron chi connectivity index (χ3n) is 4.53. The molecule has 0 radical (unpaired) electrons. The second-order valence-electron chi connectivity index (χ2n) is 6.31. The highest BCUT2D eigenvalue weighted by molar-refractivity contribution is 14.0. The number of benzene rings is 1. The van der Waals surface area contributed by atoms with Crippen LogP contribution >= 0.6 is 35.6 Å². The lowest BCUT2D eigenvalue weighted by molar-refractivity contribution is 0.0263. The van der Waals surface area contributed by atoms with Gasteiger partial charge in [0.15, 0.2) is 5.96 Å². The van der Waals surface area contributed by atoms with Crippen molar-refractivity contribution in [3.05, 3.63) is 47.2 Å². The van der Waals surface area contributed by atoms with Crippen molar-refractivity contribution in [1.29, 1.82) is 0 Å². The van der Waals surface area contributed by atoms with Crippen LogP contribution in [0, 0.1) is 0 Å². The number of nitrogens with one attached hydrogen (secondary N) is 1. The van der Waals surface area contributed by atoms with Crippen LogP contribution in [0.4, 0.5) is 0 Å². The van der Waals surface area contributed by atoms with Crippen molar-refractivity contribution >= 4 is 41.5 Å². The lowest BCUT2D eigenvalue weighted by Gasteiger charge is -2.34. The van der Waals surface area contributed by atoms with Gasteiger partial charge in [-0.05, 0) is 44.0 Å². The van der Waals surface area contributed by atoms with Gasteiger partial charge in [-0.2, -0.15) is 5.10 Å². The van der Waals surface area contributed by atoms with Crippen molar-refractivity contribution in [2.24, 2.45) is 4.99 Å². The molecule has 1 fully saturated rings. The number of nitrogens with zero attached hydrogens (tertiary/aromatic N) is 4. The van der Waals surface area contributed by atoms with Crippen molar-refractivity contribution in [2.75, 3.05) is 26.7 Å². The van der Waals surface area contributed by atoms with Crippen LogP contribution in [0.2, 0.25) is 5.02 Å². The van der Waals surface area contributed by atoms with E-state index in [2.05, 4.69) is 27.2 Å². The fourth-order valence-electron chi connectivity index (χ4n) is 3.17. The number of aliphatic imine (C=N–C) groups is 1. The van der Waals surface area contributed by atoms with Gasteiger partial charge in [0.1, 0.15) is 0 Å². The van der Waals surface area contributed by atoms with E-state index < -0.39 is 0 Å². The standard InChI is InChI=1S/C19H26ClN5O.HI/c1-3-26-18-8-10-24(11-9-18)19(21-2)22-12-15-13-23-25(14-15)17-6-4-16(20)5-7-17;/h4-7,13-14,18H,3,8-12H2,1-2H3,(H,21,22);1H. The molecule has 2 heterocycles. The van der Waals surface area contributed by atoms with Gasteiger partial charge in [-0.15, -0.1) is 24.0 Å². The normalized spacial score (nSPS) is 15.5. The van der Waals surface area contributed by atoms with Crippen LogP contribution in [0.1, 0.15) is 25.3 Å². The van der Waals surface area contributed by atoms with E-state index in [9.17, 15) is 0 Å². The predicted octanol–water partition coefficient (Wildman–Crippen LogP) is 3.72. The van der Waals surface area contributed by atoms with Gasteiger partial charge in [-0.25, -0.2) is 4.68 Å². The van der Waals surface area contributed by atoms with Crippen molar-refractivity contribution in [3.63, 3.8) is 0 Å². The minimum absolute atomic E-state index is 0. The highest BCUT2D eigenvalue weighted by atomic mass is 127. The molecule has 1 aromatic heterocycles. The largest absolute Gasteiger partial charge is 0.378 e. The minimum atomic E-state index is 0. The third-order valence-corrected chi connectivity index (χ3v) is 4.79. The summed E-state index contributed by atoms with van der Waals surface area (Å²) in [5.74, 6) is 0.930. The highest BCUT2D eigenvalue weighted by Gasteiger charge is 2.21. The smallest absolute Gasteiger partial charge is 0.193 e. The van der Waals surface area contributed by atoms with Gasteiger partial charge in [0.25, 0.3) is 0 Å². The van der Waals surface area contributed by atoms with Gasteiger partial charge in [0.2, 0.25) is 0 Å². The molecule has 1 aliphatic heterocycles. The Bertz CT molecular complexity index is 726. The Morgan fingerprint density at radius 2 is 2.00 bits per heavy atom. The van der Waals surface area contributed by atoms with Gasteiger partial charge >= 0.3 is 0 Å². The van der Waals surface area contributed by atoms with Gasteiger partial charge in [0.05, 0.1) is 18.0 Å². The molecule has 1 aromatic carbocycles. The first-order chi connectivity index (χ1) is 12.7. The molecule has 0 atom stereocenters. The number of piperidine rings is 1. The Labute approximate surface area is 183 Å². The summed E-state index contributed by atoms with van der Waals surface area (Å²) < 4.78 is 7.57. The molecule has 0 saturated carbocycles. The van der Waals surface area contributed by atoms with Crippen LogP contribution in [-0.4, -0.2) is 53.5 Å². The number of halogens is 2. The minimum Gasteiger partial charge on any atom is -0.378 e. The molecule has 3 rings (SSSR count). The fraction of sp³-hybridized carbons (Fsp3) is 0.474. The van der Waals surface area contributed by atoms with Crippen LogP contribution in [0.25, 0.3) is 5.69 Å². The zero-order valence-electron chi connectivity index (χ0n) is 15.8. The molecule has 0 amide bonds.